The van der Waals surface area contributed by atoms with Gasteiger partial charge < -0.3 is 4.74 Å². The smallest absolute Gasteiger partial charge is 0.273 e. The number of nitriles is 1. The van der Waals surface area contributed by atoms with E-state index in [-0.39, 0.29) is 17.9 Å². The fraction of sp³-hybridized carbons (Fsp3) is 0.118. The van der Waals surface area contributed by atoms with Crippen molar-refractivity contribution in [2.75, 3.05) is 6.61 Å². The average Bonchev–Trinajstić information content (AvgIpc) is 2.61. The molecular weight excluding hydrogens is 324 g/mol. The minimum atomic E-state index is -0.548. The number of amides is 1. The Kier molecular flexibility index (Phi) is 5.79. The van der Waals surface area contributed by atoms with Gasteiger partial charge in [0.1, 0.15) is 11.8 Å². The fourth-order valence-electron chi connectivity index (χ4n) is 1.94. The summed E-state index contributed by atoms with van der Waals surface area (Å²) in [5.74, 6) is 0.00280. The molecule has 0 saturated heterocycles. The van der Waals surface area contributed by atoms with E-state index in [4.69, 9.17) is 10.00 Å². The van der Waals surface area contributed by atoms with Crippen molar-refractivity contribution in [1.82, 2.24) is 5.43 Å². The molecule has 126 valence electrons. The minimum absolute atomic E-state index is 0.0355. The Hall–Kier alpha value is -3.73. The maximum atomic E-state index is 12.0. The zero-order valence-corrected chi connectivity index (χ0v) is 13.3. The number of nitrogens with zero attached hydrogens (tertiary/aromatic N) is 3. The summed E-state index contributed by atoms with van der Waals surface area (Å²) in [6.07, 6.45) is 1.43. The van der Waals surface area contributed by atoms with Gasteiger partial charge in [-0.25, -0.2) is 5.43 Å². The highest BCUT2D eigenvalue weighted by molar-refractivity contribution is 5.95. The fourth-order valence-corrected chi connectivity index (χ4v) is 1.94. The van der Waals surface area contributed by atoms with Crippen molar-refractivity contribution in [2.45, 2.75) is 6.92 Å². The van der Waals surface area contributed by atoms with Gasteiger partial charge in [0.05, 0.1) is 11.1 Å². The van der Waals surface area contributed by atoms with Gasteiger partial charge in [-0.2, -0.15) is 10.4 Å². The molecule has 1 N–H and O–H groups in total. The van der Waals surface area contributed by atoms with Crippen molar-refractivity contribution >= 4 is 17.8 Å². The van der Waals surface area contributed by atoms with Gasteiger partial charge in [0.2, 0.25) is 0 Å². The summed E-state index contributed by atoms with van der Waals surface area (Å²) in [6.45, 7) is 1.56. The van der Waals surface area contributed by atoms with Crippen LogP contribution < -0.4 is 10.2 Å². The summed E-state index contributed by atoms with van der Waals surface area (Å²) in [5, 5.41) is 23.2. The first-order valence-corrected chi connectivity index (χ1v) is 7.19. The van der Waals surface area contributed by atoms with Crippen LogP contribution >= 0.6 is 0 Å². The second-order valence-corrected chi connectivity index (χ2v) is 4.97. The molecule has 0 spiro atoms. The molecule has 1 amide bonds. The molecule has 8 heteroatoms. The lowest BCUT2D eigenvalue weighted by Gasteiger charge is -2.02. The van der Waals surface area contributed by atoms with Crippen LogP contribution in [0.2, 0.25) is 0 Å². The van der Waals surface area contributed by atoms with Gasteiger partial charge in [-0.15, -0.1) is 0 Å². The standard InChI is InChI=1S/C17H14N4O4/c1-12-2-5-14(10-16(12)21(23)24)17(22)20-19-11-13-3-6-15(7-4-13)25-9-8-18/h2-7,10-11H,9H2,1H3,(H,20,22)/b19-11-. The predicted molar refractivity (Wildman–Crippen MR) is 90.4 cm³/mol. The molecule has 25 heavy (non-hydrogen) atoms. The van der Waals surface area contributed by atoms with E-state index in [2.05, 4.69) is 10.5 Å². The van der Waals surface area contributed by atoms with Crippen molar-refractivity contribution in [1.29, 1.82) is 5.26 Å². The number of nitrogens with one attached hydrogen (secondary N) is 1. The van der Waals surface area contributed by atoms with E-state index >= 15 is 0 Å². The molecule has 0 aliphatic carbocycles. The van der Waals surface area contributed by atoms with Gasteiger partial charge in [-0.05, 0) is 42.8 Å². The van der Waals surface area contributed by atoms with E-state index in [0.29, 0.717) is 16.9 Å². The van der Waals surface area contributed by atoms with Crippen LogP contribution in [0.5, 0.6) is 5.75 Å². The second-order valence-electron chi connectivity index (χ2n) is 4.97. The van der Waals surface area contributed by atoms with Crippen LogP contribution in [0.4, 0.5) is 5.69 Å². The van der Waals surface area contributed by atoms with Crippen LogP contribution in [0.1, 0.15) is 21.5 Å². The first-order valence-electron chi connectivity index (χ1n) is 7.19. The SMILES string of the molecule is Cc1ccc(C(=O)N/N=C\c2ccc(OCC#N)cc2)cc1[N+](=O)[O-]. The van der Waals surface area contributed by atoms with Crippen molar-refractivity contribution in [3.8, 4) is 11.8 Å². The molecule has 2 rings (SSSR count). The zero-order valence-electron chi connectivity index (χ0n) is 13.3. The van der Waals surface area contributed by atoms with Crippen LogP contribution in [0.3, 0.4) is 0 Å². The maximum Gasteiger partial charge on any atom is 0.273 e. The number of nitro groups is 1. The molecule has 0 radical (unpaired) electrons. The Labute approximate surface area is 143 Å². The summed E-state index contributed by atoms with van der Waals surface area (Å²) < 4.78 is 5.12. The van der Waals surface area contributed by atoms with E-state index in [1.165, 1.54) is 24.4 Å². The van der Waals surface area contributed by atoms with Gasteiger partial charge in [0, 0.05) is 17.2 Å². The largest absolute Gasteiger partial charge is 0.479 e. The second kappa shape index (κ2) is 8.21. The molecule has 0 heterocycles. The summed E-state index contributed by atoms with van der Waals surface area (Å²) in [4.78, 5) is 22.4. The molecule has 8 nitrogen and oxygen atoms in total. The Morgan fingerprint density at radius 2 is 2.08 bits per heavy atom. The normalized spacial score (nSPS) is 10.2. The monoisotopic (exact) mass is 338 g/mol. The summed E-state index contributed by atoms with van der Waals surface area (Å²) in [5.41, 5.74) is 3.53. The van der Waals surface area contributed by atoms with E-state index in [1.54, 1.807) is 31.2 Å². The summed E-state index contributed by atoms with van der Waals surface area (Å²) in [7, 11) is 0. The van der Waals surface area contributed by atoms with Gasteiger partial charge in [0.25, 0.3) is 11.6 Å². The van der Waals surface area contributed by atoms with Crippen LogP contribution in [0.15, 0.2) is 47.6 Å². The highest BCUT2D eigenvalue weighted by atomic mass is 16.6. The Bertz CT molecular complexity index is 854. The molecule has 0 atom stereocenters. The lowest BCUT2D eigenvalue weighted by Crippen LogP contribution is -2.17. The number of ether oxygens (including phenoxy) is 1. The zero-order chi connectivity index (χ0) is 18.2. The Morgan fingerprint density at radius 1 is 1.36 bits per heavy atom. The number of hydrogen-bond acceptors (Lipinski definition) is 6. The number of carbonyl (C=O) groups excluding carboxylic acids is 1. The average molecular weight is 338 g/mol. The van der Waals surface area contributed by atoms with E-state index in [1.807, 2.05) is 6.07 Å². The first-order chi connectivity index (χ1) is 12.0. The van der Waals surface area contributed by atoms with Crippen molar-refractivity contribution in [3.63, 3.8) is 0 Å². The molecule has 0 bridgehead atoms. The number of benzene rings is 2. The first kappa shape index (κ1) is 17.6. The number of rotatable bonds is 6. The molecule has 0 fully saturated rings. The third-order valence-corrected chi connectivity index (χ3v) is 3.23. The third-order valence-electron chi connectivity index (χ3n) is 3.23. The lowest BCUT2D eigenvalue weighted by molar-refractivity contribution is -0.385. The summed E-state index contributed by atoms with van der Waals surface area (Å²) in [6, 6.07) is 12.8. The summed E-state index contributed by atoms with van der Waals surface area (Å²) >= 11 is 0. The molecule has 0 unspecified atom stereocenters. The van der Waals surface area contributed by atoms with Crippen LogP contribution in [-0.4, -0.2) is 23.7 Å². The number of hydrogen-bond donors (Lipinski definition) is 1. The third kappa shape index (κ3) is 4.87. The molecule has 0 aliphatic heterocycles. The van der Waals surface area contributed by atoms with Gasteiger partial charge in [0.15, 0.2) is 6.61 Å². The lowest BCUT2D eigenvalue weighted by atomic mass is 10.1. The Balaban J connectivity index is 2.00. The molecule has 2 aromatic carbocycles. The van der Waals surface area contributed by atoms with Gasteiger partial charge >= 0.3 is 0 Å². The van der Waals surface area contributed by atoms with Crippen LogP contribution in [0.25, 0.3) is 0 Å². The molecular formula is C17H14N4O4. The van der Waals surface area contributed by atoms with Gasteiger partial charge in [-0.1, -0.05) is 6.07 Å². The van der Waals surface area contributed by atoms with E-state index < -0.39 is 10.8 Å². The topological polar surface area (TPSA) is 118 Å². The predicted octanol–water partition coefficient (Wildman–Crippen LogP) is 2.57. The number of carbonyl (C=O) groups is 1. The highest BCUT2D eigenvalue weighted by Gasteiger charge is 2.14. The maximum absolute atomic E-state index is 12.0. The molecule has 2 aromatic rings. The van der Waals surface area contributed by atoms with Gasteiger partial charge in [-0.3, -0.25) is 14.9 Å². The number of hydrazone groups is 1. The number of nitro benzene ring substituents is 1. The van der Waals surface area contributed by atoms with Crippen molar-refractivity contribution < 1.29 is 14.5 Å². The molecule has 0 saturated carbocycles. The Morgan fingerprint density at radius 3 is 2.72 bits per heavy atom. The number of aryl methyl sites for hydroxylation is 1. The minimum Gasteiger partial charge on any atom is -0.479 e. The van der Waals surface area contributed by atoms with E-state index in [9.17, 15) is 14.9 Å². The van der Waals surface area contributed by atoms with E-state index in [0.717, 1.165) is 0 Å². The molecule has 0 aromatic heterocycles. The molecule has 0 aliphatic rings. The highest BCUT2D eigenvalue weighted by Crippen LogP contribution is 2.19. The quantitative estimate of drug-likeness (QED) is 0.493. The van der Waals surface area contributed by atoms with Crippen molar-refractivity contribution in [3.05, 3.63) is 69.3 Å². The van der Waals surface area contributed by atoms with Crippen molar-refractivity contribution in [2.24, 2.45) is 5.10 Å². The van der Waals surface area contributed by atoms with Crippen LogP contribution in [-0.2, 0) is 0 Å². The van der Waals surface area contributed by atoms with Crippen LogP contribution in [0, 0.1) is 28.4 Å².